The minimum absolute atomic E-state index is 0. The average molecular weight is 775 g/mol. The SMILES string of the molecule is CC(C)(C)OC(=O)N1CCC[C@H]1C(=O)N1CCC(C(=O)Nc2cccc(F)c2)CC1.Cl.O=C(Nc1cccc(F)c1)C1CCN(C(=O)[C@@H]2CCCN2)CC1. The van der Waals surface area contributed by atoms with Gasteiger partial charge in [0.2, 0.25) is 23.6 Å². The lowest BCUT2D eigenvalue weighted by molar-refractivity contribution is -0.138. The Hall–Kier alpha value is -4.30. The number of carbonyl (C=O) groups is 5. The molecule has 2 aromatic carbocycles. The van der Waals surface area contributed by atoms with Crippen LogP contribution in [0.5, 0.6) is 0 Å². The number of halogens is 3. The van der Waals surface area contributed by atoms with Crippen LogP contribution in [0, 0.1) is 23.5 Å². The third-order valence-corrected chi connectivity index (χ3v) is 10.1. The smallest absolute Gasteiger partial charge is 0.410 e. The van der Waals surface area contributed by atoms with Crippen LogP contribution in [0.25, 0.3) is 0 Å². The molecular weight excluding hydrogens is 722 g/mol. The third-order valence-electron chi connectivity index (χ3n) is 10.1. The summed E-state index contributed by atoms with van der Waals surface area (Å²) >= 11 is 0. The second-order valence-corrected chi connectivity index (χ2v) is 15.2. The third kappa shape index (κ3) is 11.8. The predicted octanol–water partition coefficient (Wildman–Crippen LogP) is 5.58. The van der Waals surface area contributed by atoms with Gasteiger partial charge in [-0.05, 0) is 115 Å². The van der Waals surface area contributed by atoms with Crippen molar-refractivity contribution >= 4 is 53.5 Å². The largest absolute Gasteiger partial charge is 0.444 e. The zero-order valence-electron chi connectivity index (χ0n) is 31.3. The summed E-state index contributed by atoms with van der Waals surface area (Å²) in [4.78, 5) is 67.7. The first-order valence-corrected chi connectivity index (χ1v) is 18.7. The molecule has 0 spiro atoms. The second-order valence-electron chi connectivity index (χ2n) is 15.2. The molecule has 5 amide bonds. The van der Waals surface area contributed by atoms with E-state index in [0.717, 1.165) is 25.8 Å². The standard InChI is InChI=1S/C22H30FN3O4.C17H22FN3O2.ClH/c1-22(2,3)30-21(29)26-11-5-8-18(26)20(28)25-12-9-15(10-13-25)19(27)24-17-7-4-6-16(23)14-17;18-13-3-1-4-14(11-13)20-16(22)12-6-9-21(10-7-12)17(23)15-5-2-8-19-15;/h4,6-7,14-15,18H,5,8-13H2,1-3H3,(H,24,27);1,3-4,11-12,15,19H,2,5-10H2,(H,20,22);1H/t18-;15-;/m00./s1. The first-order valence-electron chi connectivity index (χ1n) is 18.7. The Morgan fingerprint density at radius 3 is 1.65 bits per heavy atom. The number of ether oxygens (including phenoxy) is 1. The summed E-state index contributed by atoms with van der Waals surface area (Å²) in [5.41, 5.74) is 0.293. The van der Waals surface area contributed by atoms with E-state index in [4.69, 9.17) is 4.74 Å². The molecule has 15 heteroatoms. The normalized spacial score (nSPS) is 20.6. The summed E-state index contributed by atoms with van der Waals surface area (Å²) in [6, 6.07) is 11.1. The van der Waals surface area contributed by atoms with Gasteiger partial charge in [0.1, 0.15) is 23.3 Å². The van der Waals surface area contributed by atoms with Gasteiger partial charge in [0.05, 0.1) is 6.04 Å². The monoisotopic (exact) mass is 774 g/mol. The zero-order valence-corrected chi connectivity index (χ0v) is 32.1. The fourth-order valence-corrected chi connectivity index (χ4v) is 7.23. The Morgan fingerprint density at radius 1 is 0.704 bits per heavy atom. The number of rotatable bonds is 6. The molecule has 4 heterocycles. The molecule has 4 aliphatic rings. The summed E-state index contributed by atoms with van der Waals surface area (Å²) in [6.45, 7) is 8.96. The highest BCUT2D eigenvalue weighted by atomic mass is 35.5. The molecule has 296 valence electrons. The molecule has 6 rings (SSSR count). The van der Waals surface area contributed by atoms with Gasteiger partial charge in [-0.3, -0.25) is 24.1 Å². The van der Waals surface area contributed by atoms with Crippen molar-refractivity contribution in [3.8, 4) is 0 Å². The van der Waals surface area contributed by atoms with Gasteiger partial charge < -0.3 is 30.5 Å². The molecule has 4 fully saturated rings. The van der Waals surface area contributed by atoms with Gasteiger partial charge in [-0.25, -0.2) is 13.6 Å². The molecule has 4 aliphatic heterocycles. The summed E-state index contributed by atoms with van der Waals surface area (Å²) in [6.07, 6.45) is 5.25. The molecule has 4 saturated heterocycles. The van der Waals surface area contributed by atoms with Crippen LogP contribution >= 0.6 is 12.4 Å². The molecule has 3 N–H and O–H groups in total. The van der Waals surface area contributed by atoms with Crippen LogP contribution < -0.4 is 16.0 Å². The minimum atomic E-state index is -0.610. The van der Waals surface area contributed by atoms with Gasteiger partial charge in [-0.15, -0.1) is 12.4 Å². The van der Waals surface area contributed by atoms with Crippen molar-refractivity contribution < 1.29 is 37.5 Å². The van der Waals surface area contributed by atoms with E-state index in [1.165, 1.54) is 29.2 Å². The molecule has 2 atom stereocenters. The van der Waals surface area contributed by atoms with Crippen LogP contribution in [-0.4, -0.2) is 101 Å². The zero-order chi connectivity index (χ0) is 38.1. The van der Waals surface area contributed by atoms with Crippen molar-refractivity contribution in [3.05, 3.63) is 60.2 Å². The van der Waals surface area contributed by atoms with Crippen LogP contribution in [-0.2, 0) is 23.9 Å². The van der Waals surface area contributed by atoms with E-state index in [-0.39, 0.29) is 59.7 Å². The van der Waals surface area contributed by atoms with Crippen LogP contribution in [0.1, 0.15) is 72.1 Å². The number of carbonyl (C=O) groups excluding carboxylic acids is 5. The maximum Gasteiger partial charge on any atom is 0.410 e. The van der Waals surface area contributed by atoms with Crippen molar-refractivity contribution in [3.63, 3.8) is 0 Å². The highest BCUT2D eigenvalue weighted by Crippen LogP contribution is 2.26. The summed E-state index contributed by atoms with van der Waals surface area (Å²) < 4.78 is 31.9. The Kier molecular flexibility index (Phi) is 15.2. The number of nitrogens with one attached hydrogen (secondary N) is 3. The fourth-order valence-electron chi connectivity index (χ4n) is 7.23. The van der Waals surface area contributed by atoms with Crippen LogP contribution in [0.15, 0.2) is 48.5 Å². The number of hydrogen-bond donors (Lipinski definition) is 3. The van der Waals surface area contributed by atoms with Crippen LogP contribution in [0.2, 0.25) is 0 Å². The molecule has 12 nitrogen and oxygen atoms in total. The van der Waals surface area contributed by atoms with Crippen molar-refractivity contribution in [2.24, 2.45) is 11.8 Å². The number of piperidine rings is 2. The molecule has 2 aromatic rings. The summed E-state index contributed by atoms with van der Waals surface area (Å²) in [5, 5.41) is 8.72. The number of amides is 5. The first-order chi connectivity index (χ1) is 25.3. The van der Waals surface area contributed by atoms with E-state index in [0.29, 0.717) is 76.2 Å². The minimum Gasteiger partial charge on any atom is -0.444 e. The Morgan fingerprint density at radius 2 is 1.20 bits per heavy atom. The molecule has 0 aromatic heterocycles. The molecule has 54 heavy (non-hydrogen) atoms. The summed E-state index contributed by atoms with van der Waals surface area (Å²) in [7, 11) is 0. The highest BCUT2D eigenvalue weighted by Gasteiger charge is 2.40. The molecule has 0 aliphatic carbocycles. The maximum absolute atomic E-state index is 13.3. The molecular formula is C39H53ClF2N6O6. The van der Waals surface area contributed by atoms with E-state index >= 15 is 0 Å². The Balaban J connectivity index is 0.000000244. The van der Waals surface area contributed by atoms with Crippen LogP contribution in [0.3, 0.4) is 0 Å². The van der Waals surface area contributed by atoms with Crippen molar-refractivity contribution in [2.45, 2.75) is 89.8 Å². The van der Waals surface area contributed by atoms with Gasteiger partial charge >= 0.3 is 6.09 Å². The van der Waals surface area contributed by atoms with Gasteiger partial charge in [0.25, 0.3) is 0 Å². The number of hydrogen-bond acceptors (Lipinski definition) is 7. The number of likely N-dealkylation sites (tertiary alicyclic amines) is 3. The van der Waals surface area contributed by atoms with Gasteiger partial charge in [-0.2, -0.15) is 0 Å². The molecule has 0 saturated carbocycles. The molecule has 0 unspecified atom stereocenters. The van der Waals surface area contributed by atoms with Gasteiger partial charge in [0.15, 0.2) is 0 Å². The van der Waals surface area contributed by atoms with Crippen molar-refractivity contribution in [1.82, 2.24) is 20.0 Å². The lowest BCUT2D eigenvalue weighted by Gasteiger charge is -2.35. The topological polar surface area (TPSA) is 140 Å². The Labute approximate surface area is 322 Å². The lowest BCUT2D eigenvalue weighted by Crippen LogP contribution is -2.51. The summed E-state index contributed by atoms with van der Waals surface area (Å²) in [5.74, 6) is -1.31. The second kappa shape index (κ2) is 19.3. The molecule has 0 radical (unpaired) electrons. The average Bonchev–Trinajstić information content (AvgIpc) is 3.85. The van der Waals surface area contributed by atoms with Crippen molar-refractivity contribution in [1.29, 1.82) is 0 Å². The van der Waals surface area contributed by atoms with Crippen LogP contribution in [0.4, 0.5) is 25.0 Å². The van der Waals surface area contributed by atoms with Gasteiger partial charge in [0, 0.05) is 55.9 Å². The van der Waals surface area contributed by atoms with Crippen molar-refractivity contribution in [2.75, 3.05) is 49.9 Å². The quantitative estimate of drug-likeness (QED) is 0.348. The maximum atomic E-state index is 13.3. The highest BCUT2D eigenvalue weighted by molar-refractivity contribution is 5.93. The number of benzene rings is 2. The van der Waals surface area contributed by atoms with E-state index in [1.54, 1.807) is 49.9 Å². The number of nitrogens with zero attached hydrogens (tertiary/aromatic N) is 3. The van der Waals surface area contributed by atoms with E-state index in [1.807, 2.05) is 4.90 Å². The lowest BCUT2D eigenvalue weighted by atomic mass is 9.95. The van der Waals surface area contributed by atoms with E-state index in [9.17, 15) is 32.8 Å². The van der Waals surface area contributed by atoms with Gasteiger partial charge in [-0.1, -0.05) is 12.1 Å². The molecule has 0 bridgehead atoms. The first kappa shape index (κ1) is 42.4. The fraction of sp³-hybridized carbons (Fsp3) is 0.564. The Bertz CT molecular complexity index is 1620. The van der Waals surface area contributed by atoms with E-state index < -0.39 is 23.6 Å². The predicted molar refractivity (Wildman–Crippen MR) is 203 cm³/mol. The van der Waals surface area contributed by atoms with E-state index in [2.05, 4.69) is 16.0 Å². The number of anilines is 2.